The van der Waals surface area contributed by atoms with Gasteiger partial charge in [0.1, 0.15) is 0 Å². The third-order valence-corrected chi connectivity index (χ3v) is 6.08. The second kappa shape index (κ2) is 9.36. The van der Waals surface area contributed by atoms with Crippen LogP contribution in [0.15, 0.2) is 29.2 Å². The maximum absolute atomic E-state index is 12.8. The highest BCUT2D eigenvalue weighted by Gasteiger charge is 2.29. The van der Waals surface area contributed by atoms with Gasteiger partial charge in [0, 0.05) is 25.7 Å². The molecule has 1 unspecified atom stereocenters. The molecule has 136 valence electrons. The summed E-state index contributed by atoms with van der Waals surface area (Å²) in [5, 5.41) is 5.81. The molecule has 6 nitrogen and oxygen atoms in total. The summed E-state index contributed by atoms with van der Waals surface area (Å²) in [6.45, 7) is 3.42. The van der Waals surface area contributed by atoms with Crippen molar-refractivity contribution in [2.24, 2.45) is 0 Å². The highest BCUT2D eigenvalue weighted by atomic mass is 35.5. The lowest BCUT2D eigenvalue weighted by molar-refractivity contribution is 0.0947. The summed E-state index contributed by atoms with van der Waals surface area (Å²) in [7, 11) is -1.81. The number of benzene rings is 1. The maximum Gasteiger partial charge on any atom is 0.252 e. The highest BCUT2D eigenvalue weighted by molar-refractivity contribution is 7.89. The van der Waals surface area contributed by atoms with Crippen LogP contribution >= 0.6 is 12.4 Å². The largest absolute Gasteiger partial charge is 0.350 e. The van der Waals surface area contributed by atoms with Crippen LogP contribution in [0, 0.1) is 0 Å². The van der Waals surface area contributed by atoms with Gasteiger partial charge in [0.25, 0.3) is 5.91 Å². The first-order chi connectivity index (χ1) is 11.0. The first-order valence-corrected chi connectivity index (χ1v) is 9.45. The molecule has 1 aliphatic heterocycles. The predicted molar refractivity (Wildman–Crippen MR) is 97.2 cm³/mol. The number of rotatable bonds is 6. The van der Waals surface area contributed by atoms with E-state index in [1.54, 1.807) is 18.2 Å². The number of carbonyl (C=O) groups excluding carboxylic acids is 1. The predicted octanol–water partition coefficient (Wildman–Crippen LogP) is 1.62. The fourth-order valence-corrected chi connectivity index (χ4v) is 4.27. The molecule has 1 atom stereocenters. The molecular weight excluding hydrogens is 350 g/mol. The number of hydrogen-bond acceptors (Lipinski definition) is 4. The average molecular weight is 376 g/mol. The minimum atomic E-state index is -3.62. The minimum absolute atomic E-state index is 0. The van der Waals surface area contributed by atoms with Crippen LogP contribution in [0.3, 0.4) is 0 Å². The maximum atomic E-state index is 12.8. The Balaban J connectivity index is 0.00000288. The first-order valence-electron chi connectivity index (χ1n) is 8.01. The number of likely N-dealkylation sites (N-methyl/N-ethyl adjacent to an activating group) is 1. The van der Waals surface area contributed by atoms with Crippen LogP contribution < -0.4 is 10.6 Å². The second-order valence-corrected chi connectivity index (χ2v) is 7.77. The minimum Gasteiger partial charge on any atom is -0.350 e. The Morgan fingerprint density at radius 1 is 1.21 bits per heavy atom. The van der Waals surface area contributed by atoms with Crippen molar-refractivity contribution in [2.45, 2.75) is 37.1 Å². The van der Waals surface area contributed by atoms with Crippen LogP contribution in [0.25, 0.3) is 0 Å². The lowest BCUT2D eigenvalue weighted by atomic mass is 10.2. The zero-order valence-corrected chi connectivity index (χ0v) is 15.8. The van der Waals surface area contributed by atoms with Crippen LogP contribution in [-0.4, -0.2) is 51.4 Å². The van der Waals surface area contributed by atoms with Gasteiger partial charge in [0.2, 0.25) is 10.0 Å². The van der Waals surface area contributed by atoms with E-state index in [1.165, 1.54) is 10.4 Å². The number of amides is 1. The number of sulfonamides is 1. The van der Waals surface area contributed by atoms with E-state index in [-0.39, 0.29) is 34.8 Å². The zero-order valence-electron chi connectivity index (χ0n) is 14.1. The van der Waals surface area contributed by atoms with E-state index in [0.29, 0.717) is 19.6 Å². The summed E-state index contributed by atoms with van der Waals surface area (Å²) in [5.41, 5.74) is 0.210. The number of hydrogen-bond donors (Lipinski definition) is 2. The topological polar surface area (TPSA) is 78.5 Å². The highest BCUT2D eigenvalue weighted by Crippen LogP contribution is 2.23. The van der Waals surface area contributed by atoms with Crippen molar-refractivity contribution in [1.82, 2.24) is 14.9 Å². The van der Waals surface area contributed by atoms with Gasteiger partial charge >= 0.3 is 0 Å². The molecule has 1 aromatic rings. The van der Waals surface area contributed by atoms with Gasteiger partial charge in [-0.2, -0.15) is 4.31 Å². The molecule has 1 amide bonds. The summed E-state index contributed by atoms with van der Waals surface area (Å²) in [4.78, 5) is 12.5. The van der Waals surface area contributed by atoms with Crippen molar-refractivity contribution in [2.75, 3.05) is 26.7 Å². The van der Waals surface area contributed by atoms with E-state index in [9.17, 15) is 13.2 Å². The molecule has 1 aromatic carbocycles. The van der Waals surface area contributed by atoms with Gasteiger partial charge in [0.05, 0.1) is 10.5 Å². The quantitative estimate of drug-likeness (QED) is 0.792. The Hall–Kier alpha value is -1.15. The van der Waals surface area contributed by atoms with E-state index in [2.05, 4.69) is 10.6 Å². The first kappa shape index (κ1) is 20.9. The molecular formula is C16H26ClN3O3S. The number of piperidine rings is 1. The molecule has 1 heterocycles. The zero-order chi connectivity index (χ0) is 16.9. The Morgan fingerprint density at radius 2 is 1.83 bits per heavy atom. The second-order valence-electron chi connectivity index (χ2n) is 5.86. The number of halogens is 1. The summed E-state index contributed by atoms with van der Waals surface area (Å²) in [6, 6.07) is 6.54. The van der Waals surface area contributed by atoms with Gasteiger partial charge in [-0.1, -0.05) is 18.6 Å². The van der Waals surface area contributed by atoms with Gasteiger partial charge < -0.3 is 10.6 Å². The summed E-state index contributed by atoms with van der Waals surface area (Å²) in [5.74, 6) is -0.358. The van der Waals surface area contributed by atoms with Crippen molar-refractivity contribution in [3.8, 4) is 0 Å². The van der Waals surface area contributed by atoms with Crippen molar-refractivity contribution in [1.29, 1.82) is 0 Å². The van der Waals surface area contributed by atoms with Gasteiger partial charge in [-0.25, -0.2) is 8.42 Å². The van der Waals surface area contributed by atoms with Crippen molar-refractivity contribution < 1.29 is 13.2 Å². The average Bonchev–Trinajstić information content (AvgIpc) is 2.60. The lowest BCUT2D eigenvalue weighted by Crippen LogP contribution is -2.39. The van der Waals surface area contributed by atoms with Gasteiger partial charge in [-0.15, -0.1) is 12.4 Å². The Bertz CT molecular complexity index is 646. The Kier molecular flexibility index (Phi) is 8.15. The molecule has 8 heteroatoms. The van der Waals surface area contributed by atoms with Crippen molar-refractivity contribution in [3.63, 3.8) is 0 Å². The number of nitrogens with zero attached hydrogens (tertiary/aromatic N) is 1. The smallest absolute Gasteiger partial charge is 0.252 e. The molecule has 0 spiro atoms. The molecule has 0 aliphatic carbocycles. The standard InChI is InChI=1S/C16H25N3O3S.ClH/c1-13(17-2)12-18-16(20)14-8-4-5-9-15(14)23(21,22)19-10-6-3-7-11-19;/h4-5,8-9,13,17H,3,6-7,10-12H2,1-2H3,(H,18,20);1H. The van der Waals surface area contributed by atoms with Crippen LogP contribution in [0.4, 0.5) is 0 Å². The Morgan fingerprint density at radius 3 is 2.46 bits per heavy atom. The SMILES string of the molecule is CNC(C)CNC(=O)c1ccccc1S(=O)(=O)N1CCCCC1.Cl. The summed E-state index contributed by atoms with van der Waals surface area (Å²) < 4.78 is 27.2. The fourth-order valence-electron chi connectivity index (χ4n) is 2.57. The molecule has 0 aromatic heterocycles. The lowest BCUT2D eigenvalue weighted by Gasteiger charge is -2.26. The normalized spacial score (nSPS) is 16.9. The van der Waals surface area contributed by atoms with E-state index in [4.69, 9.17) is 0 Å². The van der Waals surface area contributed by atoms with Crippen molar-refractivity contribution in [3.05, 3.63) is 29.8 Å². The molecule has 0 radical (unpaired) electrons. The van der Waals surface area contributed by atoms with Crippen molar-refractivity contribution >= 4 is 28.3 Å². The molecule has 24 heavy (non-hydrogen) atoms. The monoisotopic (exact) mass is 375 g/mol. The van der Waals surface area contributed by atoms with E-state index in [1.807, 2.05) is 14.0 Å². The van der Waals surface area contributed by atoms with Crippen LogP contribution in [-0.2, 0) is 10.0 Å². The number of nitrogens with one attached hydrogen (secondary N) is 2. The molecule has 1 saturated heterocycles. The van der Waals surface area contributed by atoms with E-state index in [0.717, 1.165) is 19.3 Å². The van der Waals surface area contributed by atoms with E-state index < -0.39 is 10.0 Å². The molecule has 0 saturated carbocycles. The molecule has 2 N–H and O–H groups in total. The fraction of sp³-hybridized carbons (Fsp3) is 0.562. The Labute approximate surface area is 150 Å². The summed E-state index contributed by atoms with van der Waals surface area (Å²) in [6.07, 6.45) is 2.79. The van der Waals surface area contributed by atoms with Crippen LogP contribution in [0.2, 0.25) is 0 Å². The third-order valence-electron chi connectivity index (χ3n) is 4.13. The molecule has 1 fully saturated rings. The molecule has 1 aliphatic rings. The summed E-state index contributed by atoms with van der Waals surface area (Å²) >= 11 is 0. The van der Waals surface area contributed by atoms with Gasteiger partial charge in [0.15, 0.2) is 0 Å². The third kappa shape index (κ3) is 4.92. The molecule has 2 rings (SSSR count). The van der Waals surface area contributed by atoms with Crippen LogP contribution in [0.1, 0.15) is 36.5 Å². The van der Waals surface area contributed by atoms with E-state index >= 15 is 0 Å². The molecule has 0 bridgehead atoms. The van der Waals surface area contributed by atoms with Gasteiger partial charge in [-0.3, -0.25) is 4.79 Å². The van der Waals surface area contributed by atoms with Gasteiger partial charge in [-0.05, 0) is 38.9 Å². The van der Waals surface area contributed by atoms with Crippen LogP contribution in [0.5, 0.6) is 0 Å². The number of carbonyl (C=O) groups is 1.